The third kappa shape index (κ3) is 2.33. The van der Waals surface area contributed by atoms with Gasteiger partial charge < -0.3 is 9.64 Å². The number of anilines is 1. The summed E-state index contributed by atoms with van der Waals surface area (Å²) in [6.07, 6.45) is 1.05. The van der Waals surface area contributed by atoms with E-state index >= 15 is 0 Å². The topological polar surface area (TPSA) is 42.4 Å². The van der Waals surface area contributed by atoms with Gasteiger partial charge in [-0.3, -0.25) is 0 Å². The summed E-state index contributed by atoms with van der Waals surface area (Å²) >= 11 is 3.33. The Morgan fingerprint density at radius 1 is 1.55 bits per heavy atom. The van der Waals surface area contributed by atoms with E-state index < -0.39 is 0 Å². The Hall–Kier alpha value is -1.40. The molecule has 3 rings (SSSR count). The smallest absolute Gasteiger partial charge is 0.357 e. The van der Waals surface area contributed by atoms with Crippen molar-refractivity contribution in [3.05, 3.63) is 33.0 Å². The molecule has 1 unspecified atom stereocenters. The molecule has 0 aromatic carbocycles. The van der Waals surface area contributed by atoms with Crippen LogP contribution < -0.4 is 4.90 Å². The Labute approximate surface area is 126 Å². The SMILES string of the molecule is CCOC(=O)c1csc(N2CCc3sccc3C2C)n1. The van der Waals surface area contributed by atoms with Gasteiger partial charge in [-0.25, -0.2) is 9.78 Å². The lowest BCUT2D eigenvalue weighted by Gasteiger charge is -2.33. The summed E-state index contributed by atoms with van der Waals surface area (Å²) in [7, 11) is 0. The molecule has 1 aliphatic heterocycles. The van der Waals surface area contributed by atoms with Gasteiger partial charge in [0.05, 0.1) is 12.6 Å². The number of carbonyl (C=O) groups excluding carboxylic acids is 1. The molecule has 106 valence electrons. The Bertz CT molecular complexity index is 620. The fourth-order valence-corrected chi connectivity index (χ4v) is 4.33. The number of aromatic nitrogens is 1. The van der Waals surface area contributed by atoms with Crippen molar-refractivity contribution in [3.63, 3.8) is 0 Å². The number of carbonyl (C=O) groups is 1. The summed E-state index contributed by atoms with van der Waals surface area (Å²) in [6, 6.07) is 2.50. The zero-order valence-corrected chi connectivity index (χ0v) is 13.1. The summed E-state index contributed by atoms with van der Waals surface area (Å²) in [5.74, 6) is -0.337. The van der Waals surface area contributed by atoms with Crippen molar-refractivity contribution < 1.29 is 9.53 Å². The number of fused-ring (bicyclic) bond motifs is 1. The summed E-state index contributed by atoms with van der Waals surface area (Å²) in [4.78, 5) is 19.9. The summed E-state index contributed by atoms with van der Waals surface area (Å²) in [5, 5.41) is 4.83. The molecular weight excluding hydrogens is 292 g/mol. The van der Waals surface area contributed by atoms with E-state index in [0.29, 0.717) is 18.3 Å². The van der Waals surface area contributed by atoms with Crippen LogP contribution in [0.15, 0.2) is 16.8 Å². The lowest BCUT2D eigenvalue weighted by atomic mass is 10.0. The second-order valence-electron chi connectivity index (χ2n) is 4.65. The molecule has 2 aromatic heterocycles. The van der Waals surface area contributed by atoms with Crippen LogP contribution in [-0.4, -0.2) is 24.1 Å². The van der Waals surface area contributed by atoms with Crippen LogP contribution in [0, 0.1) is 0 Å². The number of rotatable bonds is 3. The van der Waals surface area contributed by atoms with Crippen molar-refractivity contribution in [2.45, 2.75) is 26.3 Å². The van der Waals surface area contributed by atoms with Gasteiger partial charge >= 0.3 is 5.97 Å². The fraction of sp³-hybridized carbons (Fsp3) is 0.429. The van der Waals surface area contributed by atoms with Crippen molar-refractivity contribution in [1.29, 1.82) is 0 Å². The molecule has 20 heavy (non-hydrogen) atoms. The first-order chi connectivity index (χ1) is 9.70. The number of hydrogen-bond donors (Lipinski definition) is 0. The maximum Gasteiger partial charge on any atom is 0.357 e. The van der Waals surface area contributed by atoms with Gasteiger partial charge in [-0.2, -0.15) is 0 Å². The first kappa shape index (κ1) is 13.6. The van der Waals surface area contributed by atoms with Crippen LogP contribution in [0.5, 0.6) is 0 Å². The second kappa shape index (κ2) is 5.54. The Balaban J connectivity index is 1.82. The van der Waals surface area contributed by atoms with Crippen molar-refractivity contribution in [2.75, 3.05) is 18.1 Å². The van der Waals surface area contributed by atoms with Gasteiger partial charge in [0.25, 0.3) is 0 Å². The molecule has 3 heterocycles. The average molecular weight is 308 g/mol. The van der Waals surface area contributed by atoms with E-state index in [4.69, 9.17) is 4.74 Å². The number of thiophene rings is 1. The molecule has 0 aliphatic carbocycles. The minimum atomic E-state index is -0.337. The van der Waals surface area contributed by atoms with Gasteiger partial charge in [-0.15, -0.1) is 22.7 Å². The molecule has 1 atom stereocenters. The maximum absolute atomic E-state index is 11.7. The van der Waals surface area contributed by atoms with Crippen LogP contribution in [-0.2, 0) is 11.2 Å². The number of ether oxygens (including phenoxy) is 1. The Morgan fingerprint density at radius 2 is 2.40 bits per heavy atom. The highest BCUT2D eigenvalue weighted by Gasteiger charge is 2.27. The molecule has 0 radical (unpaired) electrons. The van der Waals surface area contributed by atoms with Gasteiger partial charge in [-0.1, -0.05) is 0 Å². The Kier molecular flexibility index (Phi) is 3.76. The fourth-order valence-electron chi connectivity index (χ4n) is 2.47. The standard InChI is InChI=1S/C14H16N2O2S2/c1-3-18-13(17)11-8-20-14(15-11)16-6-4-12-10(9(16)2)5-7-19-12/h5,7-9H,3-4,6H2,1-2H3. The molecule has 0 saturated heterocycles. The van der Waals surface area contributed by atoms with E-state index in [2.05, 4.69) is 28.3 Å². The van der Waals surface area contributed by atoms with Crippen LogP contribution in [0.1, 0.15) is 40.8 Å². The maximum atomic E-state index is 11.7. The lowest BCUT2D eigenvalue weighted by Crippen LogP contribution is -2.33. The zero-order valence-electron chi connectivity index (χ0n) is 11.5. The minimum Gasteiger partial charge on any atom is -0.461 e. The molecule has 4 nitrogen and oxygen atoms in total. The van der Waals surface area contributed by atoms with Crippen LogP contribution in [0.25, 0.3) is 0 Å². The van der Waals surface area contributed by atoms with Crippen LogP contribution in [0.3, 0.4) is 0 Å². The number of esters is 1. The van der Waals surface area contributed by atoms with Crippen LogP contribution >= 0.6 is 22.7 Å². The highest BCUT2D eigenvalue weighted by Crippen LogP contribution is 2.37. The molecule has 6 heteroatoms. The first-order valence-electron chi connectivity index (χ1n) is 6.66. The third-order valence-electron chi connectivity index (χ3n) is 3.50. The Morgan fingerprint density at radius 3 is 3.20 bits per heavy atom. The summed E-state index contributed by atoms with van der Waals surface area (Å²) < 4.78 is 4.99. The van der Waals surface area contributed by atoms with Crippen LogP contribution in [0.2, 0.25) is 0 Å². The van der Waals surface area contributed by atoms with Gasteiger partial charge in [0.15, 0.2) is 10.8 Å². The van der Waals surface area contributed by atoms with E-state index in [1.165, 1.54) is 21.8 Å². The summed E-state index contributed by atoms with van der Waals surface area (Å²) in [6.45, 7) is 5.32. The molecule has 0 N–H and O–H groups in total. The molecule has 0 amide bonds. The quantitative estimate of drug-likeness (QED) is 0.814. The monoisotopic (exact) mass is 308 g/mol. The molecule has 1 aliphatic rings. The number of hydrogen-bond acceptors (Lipinski definition) is 6. The van der Waals surface area contributed by atoms with Crippen molar-refractivity contribution >= 4 is 33.8 Å². The highest BCUT2D eigenvalue weighted by atomic mass is 32.1. The predicted octanol–water partition coefficient (Wildman–Crippen LogP) is 3.51. The van der Waals surface area contributed by atoms with E-state index in [1.807, 2.05) is 11.3 Å². The first-order valence-corrected chi connectivity index (χ1v) is 8.42. The van der Waals surface area contributed by atoms with Gasteiger partial charge in [0, 0.05) is 16.8 Å². The molecular formula is C14H16N2O2S2. The third-order valence-corrected chi connectivity index (χ3v) is 5.37. The second-order valence-corrected chi connectivity index (χ2v) is 6.49. The number of thiazole rings is 1. The summed E-state index contributed by atoms with van der Waals surface area (Å²) in [5.41, 5.74) is 1.80. The molecule has 0 fully saturated rings. The molecule has 2 aromatic rings. The molecule has 0 spiro atoms. The highest BCUT2D eigenvalue weighted by molar-refractivity contribution is 7.14. The largest absolute Gasteiger partial charge is 0.461 e. The molecule has 0 bridgehead atoms. The van der Waals surface area contributed by atoms with Gasteiger partial charge in [-0.05, 0) is 37.3 Å². The lowest BCUT2D eigenvalue weighted by molar-refractivity contribution is 0.0520. The predicted molar refractivity (Wildman–Crippen MR) is 81.9 cm³/mol. The van der Waals surface area contributed by atoms with Gasteiger partial charge in [0.1, 0.15) is 0 Å². The average Bonchev–Trinajstić information content (AvgIpc) is 3.08. The van der Waals surface area contributed by atoms with E-state index in [0.717, 1.165) is 18.1 Å². The number of nitrogens with zero attached hydrogens (tertiary/aromatic N) is 2. The van der Waals surface area contributed by atoms with E-state index in [1.54, 1.807) is 12.3 Å². The normalized spacial score (nSPS) is 17.9. The minimum absolute atomic E-state index is 0.311. The van der Waals surface area contributed by atoms with Crippen molar-refractivity contribution in [3.8, 4) is 0 Å². The van der Waals surface area contributed by atoms with Crippen molar-refractivity contribution in [2.24, 2.45) is 0 Å². The van der Waals surface area contributed by atoms with E-state index in [-0.39, 0.29) is 5.97 Å². The van der Waals surface area contributed by atoms with Gasteiger partial charge in [0.2, 0.25) is 0 Å². The zero-order chi connectivity index (χ0) is 14.1. The van der Waals surface area contributed by atoms with Crippen molar-refractivity contribution in [1.82, 2.24) is 4.98 Å². The van der Waals surface area contributed by atoms with Crippen LogP contribution in [0.4, 0.5) is 5.13 Å². The van der Waals surface area contributed by atoms with E-state index in [9.17, 15) is 4.79 Å². The molecule has 0 saturated carbocycles.